The van der Waals surface area contributed by atoms with Crippen LogP contribution in [0.15, 0.2) is 15.9 Å². The van der Waals surface area contributed by atoms with Crippen molar-refractivity contribution in [3.05, 3.63) is 27.2 Å². The smallest absolute Gasteiger partial charge is 0.332 e. The minimum absolute atomic E-state index is 0.0224. The molecule has 1 saturated carbocycles. The van der Waals surface area contributed by atoms with E-state index in [2.05, 4.69) is 10.3 Å². The zero-order chi connectivity index (χ0) is 18.0. The van der Waals surface area contributed by atoms with Crippen LogP contribution in [0.2, 0.25) is 0 Å². The standard InChI is InChI=1S/C17H25N5O3/c1-20-15-14(16(24)21(2)17(20)25)22(11-19-15)10-13(23)18-9-8-12-6-4-3-5-7-12/h11-12H,3-10H2,1-2H3,(H,18,23). The van der Waals surface area contributed by atoms with Crippen LogP contribution in [0.3, 0.4) is 0 Å². The molecule has 0 aromatic carbocycles. The van der Waals surface area contributed by atoms with Gasteiger partial charge >= 0.3 is 5.69 Å². The third-order valence-corrected chi connectivity index (χ3v) is 5.13. The molecule has 0 saturated heterocycles. The summed E-state index contributed by atoms with van der Waals surface area (Å²) in [5.41, 5.74) is -0.305. The zero-order valence-electron chi connectivity index (χ0n) is 14.8. The molecule has 2 aromatic heterocycles. The van der Waals surface area contributed by atoms with Crippen LogP contribution in [0, 0.1) is 5.92 Å². The molecule has 8 heteroatoms. The highest BCUT2D eigenvalue weighted by Crippen LogP contribution is 2.25. The second-order valence-corrected chi connectivity index (χ2v) is 6.89. The lowest BCUT2D eigenvalue weighted by Gasteiger charge is -2.21. The molecule has 0 aliphatic heterocycles. The number of hydrogen-bond acceptors (Lipinski definition) is 4. The molecule has 1 aliphatic rings. The molecule has 136 valence electrons. The summed E-state index contributed by atoms with van der Waals surface area (Å²) in [4.78, 5) is 40.6. The van der Waals surface area contributed by atoms with Gasteiger partial charge in [-0.25, -0.2) is 9.78 Å². The molecule has 0 unspecified atom stereocenters. The number of amides is 1. The number of aryl methyl sites for hydroxylation is 1. The van der Waals surface area contributed by atoms with Gasteiger partial charge in [-0.1, -0.05) is 32.1 Å². The largest absolute Gasteiger partial charge is 0.355 e. The number of nitrogens with zero attached hydrogens (tertiary/aromatic N) is 4. The van der Waals surface area contributed by atoms with Gasteiger partial charge in [-0.2, -0.15) is 0 Å². The van der Waals surface area contributed by atoms with Crippen molar-refractivity contribution in [2.45, 2.75) is 45.1 Å². The van der Waals surface area contributed by atoms with Gasteiger partial charge < -0.3 is 9.88 Å². The van der Waals surface area contributed by atoms with Gasteiger partial charge in [0.1, 0.15) is 6.54 Å². The Labute approximate surface area is 145 Å². The first-order chi connectivity index (χ1) is 12.0. The summed E-state index contributed by atoms with van der Waals surface area (Å²) in [7, 11) is 2.98. The van der Waals surface area contributed by atoms with E-state index in [1.807, 2.05) is 0 Å². The van der Waals surface area contributed by atoms with Crippen molar-refractivity contribution in [2.75, 3.05) is 6.54 Å². The summed E-state index contributed by atoms with van der Waals surface area (Å²) in [6, 6.07) is 0. The number of fused-ring (bicyclic) bond motifs is 1. The van der Waals surface area contributed by atoms with Crippen LogP contribution in [0.1, 0.15) is 38.5 Å². The molecule has 1 N–H and O–H groups in total. The molecule has 0 spiro atoms. The van der Waals surface area contributed by atoms with Gasteiger partial charge in [-0.05, 0) is 12.3 Å². The Morgan fingerprint density at radius 2 is 1.92 bits per heavy atom. The minimum atomic E-state index is -0.439. The number of carbonyl (C=O) groups excluding carboxylic acids is 1. The van der Waals surface area contributed by atoms with Crippen molar-refractivity contribution in [1.82, 2.24) is 24.0 Å². The number of aromatic nitrogens is 4. The Hall–Kier alpha value is -2.38. The fraction of sp³-hybridized carbons (Fsp3) is 0.647. The number of imidazole rings is 1. The summed E-state index contributed by atoms with van der Waals surface area (Å²) in [6.07, 6.45) is 8.87. The predicted molar refractivity (Wildman–Crippen MR) is 94.4 cm³/mol. The maximum Gasteiger partial charge on any atom is 0.332 e. The van der Waals surface area contributed by atoms with E-state index in [0.29, 0.717) is 18.1 Å². The first kappa shape index (κ1) is 17.4. The minimum Gasteiger partial charge on any atom is -0.355 e. The van der Waals surface area contributed by atoms with Crippen LogP contribution < -0.4 is 16.6 Å². The molecule has 8 nitrogen and oxygen atoms in total. The maximum atomic E-state index is 12.3. The number of hydrogen-bond donors (Lipinski definition) is 1. The summed E-state index contributed by atoms with van der Waals surface area (Å²) in [6.45, 7) is 0.682. The summed E-state index contributed by atoms with van der Waals surface area (Å²) < 4.78 is 3.85. The fourth-order valence-electron chi connectivity index (χ4n) is 3.62. The maximum absolute atomic E-state index is 12.3. The van der Waals surface area contributed by atoms with Crippen molar-refractivity contribution in [2.24, 2.45) is 20.0 Å². The van der Waals surface area contributed by atoms with Crippen molar-refractivity contribution in [3.63, 3.8) is 0 Å². The van der Waals surface area contributed by atoms with E-state index in [1.165, 1.54) is 54.6 Å². The normalized spacial score (nSPS) is 15.6. The molecular formula is C17H25N5O3. The SMILES string of the molecule is Cn1c(=O)c2c(ncn2CC(=O)NCCC2CCCCC2)n(C)c1=O. The summed E-state index contributed by atoms with van der Waals surface area (Å²) in [5.74, 6) is 0.566. The lowest BCUT2D eigenvalue weighted by atomic mass is 9.87. The highest BCUT2D eigenvalue weighted by atomic mass is 16.2. The van der Waals surface area contributed by atoms with Gasteiger partial charge in [0.25, 0.3) is 5.56 Å². The first-order valence-corrected chi connectivity index (χ1v) is 8.86. The fourth-order valence-corrected chi connectivity index (χ4v) is 3.62. The van der Waals surface area contributed by atoms with E-state index >= 15 is 0 Å². The van der Waals surface area contributed by atoms with Gasteiger partial charge in [-0.15, -0.1) is 0 Å². The van der Waals surface area contributed by atoms with Crippen LogP contribution in [-0.4, -0.2) is 31.1 Å². The molecule has 3 rings (SSSR count). The average Bonchev–Trinajstić information content (AvgIpc) is 3.02. The molecule has 0 atom stereocenters. The number of rotatable bonds is 5. The van der Waals surface area contributed by atoms with Crippen molar-refractivity contribution < 1.29 is 4.79 Å². The third-order valence-electron chi connectivity index (χ3n) is 5.13. The molecular weight excluding hydrogens is 322 g/mol. The number of nitrogens with one attached hydrogen (secondary N) is 1. The Kier molecular flexibility index (Phi) is 5.06. The lowest BCUT2D eigenvalue weighted by Crippen LogP contribution is -2.38. The van der Waals surface area contributed by atoms with E-state index in [1.54, 1.807) is 7.05 Å². The van der Waals surface area contributed by atoms with Gasteiger partial charge in [0.2, 0.25) is 5.91 Å². The molecule has 25 heavy (non-hydrogen) atoms. The molecule has 1 amide bonds. The Balaban J connectivity index is 1.67. The van der Waals surface area contributed by atoms with E-state index in [9.17, 15) is 14.4 Å². The van der Waals surface area contributed by atoms with Crippen molar-refractivity contribution >= 4 is 17.1 Å². The van der Waals surface area contributed by atoms with Crippen LogP contribution in [0.25, 0.3) is 11.2 Å². The van der Waals surface area contributed by atoms with E-state index < -0.39 is 11.2 Å². The van der Waals surface area contributed by atoms with Crippen molar-refractivity contribution in [3.8, 4) is 0 Å². The van der Waals surface area contributed by atoms with E-state index in [4.69, 9.17) is 0 Å². The molecule has 1 fully saturated rings. The predicted octanol–water partition coefficient (Wildman–Crippen LogP) is 0.520. The first-order valence-electron chi connectivity index (χ1n) is 8.86. The summed E-state index contributed by atoms with van der Waals surface area (Å²) >= 11 is 0. The second kappa shape index (κ2) is 7.25. The third kappa shape index (κ3) is 3.52. The Bertz CT molecular complexity index is 886. The molecule has 0 bridgehead atoms. The Morgan fingerprint density at radius 1 is 1.20 bits per heavy atom. The second-order valence-electron chi connectivity index (χ2n) is 6.89. The van der Waals surface area contributed by atoms with E-state index in [0.717, 1.165) is 11.0 Å². The Morgan fingerprint density at radius 3 is 2.64 bits per heavy atom. The highest BCUT2D eigenvalue weighted by molar-refractivity contribution is 5.78. The zero-order valence-corrected chi connectivity index (χ0v) is 14.8. The highest BCUT2D eigenvalue weighted by Gasteiger charge is 2.16. The average molecular weight is 347 g/mol. The van der Waals surface area contributed by atoms with Gasteiger partial charge in [0.15, 0.2) is 11.2 Å². The van der Waals surface area contributed by atoms with E-state index in [-0.39, 0.29) is 18.0 Å². The summed E-state index contributed by atoms with van der Waals surface area (Å²) in [5, 5.41) is 2.93. The molecule has 2 heterocycles. The van der Waals surface area contributed by atoms with Crippen LogP contribution in [0.4, 0.5) is 0 Å². The lowest BCUT2D eigenvalue weighted by molar-refractivity contribution is -0.121. The van der Waals surface area contributed by atoms with Gasteiger partial charge in [-0.3, -0.25) is 18.7 Å². The molecule has 2 aromatic rings. The number of carbonyl (C=O) groups is 1. The topological polar surface area (TPSA) is 90.9 Å². The van der Waals surface area contributed by atoms with Gasteiger partial charge in [0, 0.05) is 20.6 Å². The van der Waals surface area contributed by atoms with Crippen LogP contribution >= 0.6 is 0 Å². The van der Waals surface area contributed by atoms with Crippen molar-refractivity contribution in [1.29, 1.82) is 0 Å². The molecule has 1 aliphatic carbocycles. The monoisotopic (exact) mass is 347 g/mol. The van der Waals surface area contributed by atoms with Crippen LogP contribution in [0.5, 0.6) is 0 Å². The van der Waals surface area contributed by atoms with Crippen LogP contribution in [-0.2, 0) is 25.4 Å². The van der Waals surface area contributed by atoms with Gasteiger partial charge in [0.05, 0.1) is 6.33 Å². The molecule has 0 radical (unpaired) electrons. The quantitative estimate of drug-likeness (QED) is 0.854.